The maximum absolute atomic E-state index is 13.1. The van der Waals surface area contributed by atoms with Crippen LogP contribution in [0.5, 0.6) is 0 Å². The van der Waals surface area contributed by atoms with Crippen molar-refractivity contribution in [1.29, 1.82) is 0 Å². The molecule has 3 aliphatic carbocycles. The molecule has 0 aromatic heterocycles. The molecule has 1 aliphatic heterocycles. The Balaban J connectivity index is 1.60. The van der Waals surface area contributed by atoms with E-state index in [0.29, 0.717) is 6.42 Å². The molecule has 0 spiro atoms. The van der Waals surface area contributed by atoms with Gasteiger partial charge in [-0.2, -0.15) is 0 Å². The molecule has 34 heavy (non-hydrogen) atoms. The number of fused-ring (bicyclic) bond motifs is 5. The molecule has 0 aromatic carbocycles. The van der Waals surface area contributed by atoms with Gasteiger partial charge in [0.05, 0.1) is 30.8 Å². The van der Waals surface area contributed by atoms with E-state index in [2.05, 4.69) is 13.8 Å². The van der Waals surface area contributed by atoms with Gasteiger partial charge < -0.3 is 25.2 Å². The zero-order valence-electron chi connectivity index (χ0n) is 26.8. The first-order chi connectivity index (χ1) is 18.2. The fourth-order valence-corrected chi connectivity index (χ4v) is 8.62. The first-order valence-corrected chi connectivity index (χ1v) is 12.9. The summed E-state index contributed by atoms with van der Waals surface area (Å²) >= 11 is 0. The third-order valence-corrected chi connectivity index (χ3v) is 10.8. The van der Waals surface area contributed by atoms with Crippen LogP contribution in [0.3, 0.4) is 0 Å². The lowest BCUT2D eigenvalue weighted by Crippen LogP contribution is -2.55. The lowest BCUT2D eigenvalue weighted by molar-refractivity contribution is -0.162. The molecule has 0 bridgehead atoms. The summed E-state index contributed by atoms with van der Waals surface area (Å²) in [6.45, 7) is 1.75. The highest BCUT2D eigenvalue weighted by Crippen LogP contribution is 2.66. The highest BCUT2D eigenvalue weighted by molar-refractivity contribution is 5.74. The maximum Gasteiger partial charge on any atom is 0.309 e. The molecule has 0 radical (unpaired) electrons. The second-order valence-corrected chi connectivity index (χ2v) is 12.2. The molecule has 194 valence electrons. The van der Waals surface area contributed by atoms with Crippen molar-refractivity contribution >= 4 is 5.97 Å². The van der Waals surface area contributed by atoms with E-state index in [-0.39, 0.29) is 53.7 Å². The molecule has 0 unspecified atom stereocenters. The summed E-state index contributed by atoms with van der Waals surface area (Å²) in [5.41, 5.74) is -1.79. The SMILES string of the molecule is [2H]C([2H])([2H])C(=C(C)[C@@H](O)[C@H](O)[C@@H](C)[C@H]1CC[C@H]2[C@@H]3COC(=O)[C@H]4C[C@H](O)[C@H](O)C[C@]4(C)[C@H]3CC[C@]12C)C([2H])([2H])[2H]. The molecule has 4 fully saturated rings. The van der Waals surface area contributed by atoms with E-state index in [1.807, 2.05) is 6.92 Å². The van der Waals surface area contributed by atoms with Gasteiger partial charge in [0.1, 0.15) is 6.10 Å². The van der Waals surface area contributed by atoms with Crippen molar-refractivity contribution in [2.24, 2.45) is 46.3 Å². The monoisotopic (exact) mass is 484 g/mol. The first kappa shape index (κ1) is 19.2. The average Bonchev–Trinajstić information content (AvgIpc) is 3.13. The molecule has 4 rings (SSSR count). The lowest BCUT2D eigenvalue weighted by atomic mass is 9.48. The van der Waals surface area contributed by atoms with Crippen LogP contribution in [0.2, 0.25) is 0 Å². The zero-order chi connectivity index (χ0) is 30.2. The van der Waals surface area contributed by atoms with Crippen molar-refractivity contribution in [2.75, 3.05) is 6.61 Å². The van der Waals surface area contributed by atoms with Gasteiger partial charge in [0.25, 0.3) is 0 Å². The van der Waals surface area contributed by atoms with E-state index < -0.39 is 60.9 Å². The van der Waals surface area contributed by atoms with Gasteiger partial charge in [0, 0.05) is 8.22 Å². The van der Waals surface area contributed by atoms with Crippen molar-refractivity contribution in [3.05, 3.63) is 11.1 Å². The Morgan fingerprint density at radius 3 is 2.44 bits per heavy atom. The highest BCUT2D eigenvalue weighted by Gasteiger charge is 2.63. The number of aliphatic hydroxyl groups excluding tert-OH is 4. The van der Waals surface area contributed by atoms with Gasteiger partial charge in [0.2, 0.25) is 0 Å². The summed E-state index contributed by atoms with van der Waals surface area (Å²) in [6.07, 6.45) is -1.10. The Morgan fingerprint density at radius 2 is 1.76 bits per heavy atom. The van der Waals surface area contributed by atoms with Crippen molar-refractivity contribution in [3.8, 4) is 0 Å². The minimum atomic E-state index is -2.93. The molecular formula is C28H46O6. The van der Waals surface area contributed by atoms with E-state index in [1.54, 1.807) is 0 Å². The van der Waals surface area contributed by atoms with Crippen LogP contribution in [-0.4, -0.2) is 57.4 Å². The van der Waals surface area contributed by atoms with E-state index in [0.717, 1.165) is 25.7 Å². The van der Waals surface area contributed by atoms with Crippen LogP contribution in [0.4, 0.5) is 0 Å². The van der Waals surface area contributed by atoms with E-state index >= 15 is 0 Å². The van der Waals surface area contributed by atoms with Crippen molar-refractivity contribution in [1.82, 2.24) is 0 Å². The Hall–Kier alpha value is -0.950. The standard InChI is InChI=1S/C28H46O6/c1-14(2)15(3)24(31)25(32)16(4)18-7-8-19-17-13-34-26(33)21-11-22(29)23(30)12-28(21,6)20(17)9-10-27(18,19)5/h16-25,29-32H,7-13H2,1-6H3/t16-,17-,18+,19-,20-,21+,22-,23+,24+,25+,27+,28+/m0/s1/i1D3,2D3. The summed E-state index contributed by atoms with van der Waals surface area (Å²) in [7, 11) is 0. The van der Waals surface area contributed by atoms with Crippen LogP contribution in [0.15, 0.2) is 11.1 Å². The fraction of sp³-hybridized carbons (Fsp3) is 0.893. The minimum Gasteiger partial charge on any atom is -0.465 e. The predicted molar refractivity (Wildman–Crippen MR) is 130 cm³/mol. The smallest absolute Gasteiger partial charge is 0.309 e. The second-order valence-electron chi connectivity index (χ2n) is 12.2. The quantitative estimate of drug-likeness (QED) is 0.360. The Labute approximate surface area is 213 Å². The topological polar surface area (TPSA) is 107 Å². The van der Waals surface area contributed by atoms with Crippen molar-refractivity contribution < 1.29 is 38.2 Å². The minimum absolute atomic E-state index is 0.0267. The number of hydrogen-bond acceptors (Lipinski definition) is 6. The van der Waals surface area contributed by atoms with E-state index in [9.17, 15) is 25.2 Å². The number of aliphatic hydroxyl groups is 4. The molecule has 0 amide bonds. The van der Waals surface area contributed by atoms with Crippen molar-refractivity contribution in [3.63, 3.8) is 0 Å². The molecule has 4 aliphatic rings. The molecule has 4 N–H and O–H groups in total. The molecule has 3 saturated carbocycles. The third kappa shape index (κ3) is 3.97. The predicted octanol–water partition coefficient (Wildman–Crippen LogP) is 3.45. The molecule has 6 heteroatoms. The van der Waals surface area contributed by atoms with E-state index in [4.69, 9.17) is 13.0 Å². The summed E-state index contributed by atoms with van der Waals surface area (Å²) in [5, 5.41) is 43.2. The molecule has 1 heterocycles. The number of esters is 1. The number of hydrogen-bond donors (Lipinski definition) is 4. The first-order valence-electron chi connectivity index (χ1n) is 15.9. The van der Waals surface area contributed by atoms with Gasteiger partial charge in [-0.15, -0.1) is 0 Å². The summed E-state index contributed by atoms with van der Waals surface area (Å²) in [6, 6.07) is 0. The van der Waals surface area contributed by atoms with Gasteiger partial charge >= 0.3 is 5.97 Å². The third-order valence-electron chi connectivity index (χ3n) is 10.8. The lowest BCUT2D eigenvalue weighted by Gasteiger charge is -2.56. The van der Waals surface area contributed by atoms with Gasteiger partial charge in [-0.05, 0) is 105 Å². The van der Waals surface area contributed by atoms with Gasteiger partial charge in [-0.1, -0.05) is 26.3 Å². The second kappa shape index (κ2) is 9.17. The number of ether oxygens (including phenoxy) is 1. The number of carbonyl (C=O) groups is 1. The largest absolute Gasteiger partial charge is 0.465 e. The fourth-order valence-electron chi connectivity index (χ4n) is 8.62. The zero-order valence-corrected chi connectivity index (χ0v) is 20.8. The number of rotatable bonds is 4. The molecule has 0 aromatic rings. The van der Waals surface area contributed by atoms with Gasteiger partial charge in [-0.3, -0.25) is 4.79 Å². The van der Waals surface area contributed by atoms with Crippen molar-refractivity contribution in [2.45, 2.75) is 104 Å². The summed E-state index contributed by atoms with van der Waals surface area (Å²) in [5.74, 6) is -0.909. The molecule has 6 nitrogen and oxygen atoms in total. The van der Waals surface area contributed by atoms with Crippen LogP contribution >= 0.6 is 0 Å². The Bertz CT molecular complexity index is 996. The maximum atomic E-state index is 13.1. The average molecular weight is 485 g/mol. The Morgan fingerprint density at radius 1 is 1.09 bits per heavy atom. The summed E-state index contributed by atoms with van der Waals surface area (Å²) in [4.78, 5) is 13.1. The van der Waals surface area contributed by atoms with Crippen LogP contribution < -0.4 is 0 Å². The number of cyclic esters (lactones) is 1. The summed E-state index contributed by atoms with van der Waals surface area (Å²) < 4.78 is 52.1. The van der Waals surface area contributed by atoms with Crippen LogP contribution in [0.25, 0.3) is 0 Å². The number of carbonyl (C=O) groups excluding carboxylic acids is 1. The van der Waals surface area contributed by atoms with Crippen LogP contribution in [0.1, 0.15) is 88.1 Å². The van der Waals surface area contributed by atoms with Crippen LogP contribution in [-0.2, 0) is 9.53 Å². The molecular weight excluding hydrogens is 432 g/mol. The van der Waals surface area contributed by atoms with Gasteiger partial charge in [0.15, 0.2) is 0 Å². The highest BCUT2D eigenvalue weighted by atomic mass is 16.5. The molecule has 1 saturated heterocycles. The van der Waals surface area contributed by atoms with E-state index in [1.165, 1.54) is 6.92 Å². The van der Waals surface area contributed by atoms with Crippen LogP contribution in [0, 0.1) is 46.3 Å². The Kier molecular flexibility index (Phi) is 5.18. The van der Waals surface area contributed by atoms with Gasteiger partial charge in [-0.25, -0.2) is 0 Å². The number of allylic oxidation sites excluding steroid dienone is 1. The normalized spacial score (nSPS) is 50.1. The molecule has 12 atom stereocenters.